The second kappa shape index (κ2) is 8.57. The van der Waals surface area contributed by atoms with Crippen molar-refractivity contribution < 1.29 is 10.0 Å². The molecule has 1 fully saturated rings. The predicted molar refractivity (Wildman–Crippen MR) is 97.9 cm³/mol. The SMILES string of the molecule is CCN(CC)C(=O)C1CCCN(c2ccc(N/C=N/O)cc2C)C1. The minimum Gasteiger partial charge on any atom is -0.410 e. The Balaban J connectivity index is 2.10. The molecule has 24 heavy (non-hydrogen) atoms. The Morgan fingerprint density at radius 3 is 2.83 bits per heavy atom. The molecule has 1 aromatic rings. The molecular weight excluding hydrogens is 304 g/mol. The zero-order chi connectivity index (χ0) is 17.5. The topological polar surface area (TPSA) is 68.2 Å². The zero-order valence-electron chi connectivity index (χ0n) is 14.8. The van der Waals surface area contributed by atoms with E-state index < -0.39 is 0 Å². The van der Waals surface area contributed by atoms with Crippen LogP contribution in [0.3, 0.4) is 0 Å². The molecule has 1 saturated heterocycles. The van der Waals surface area contributed by atoms with Crippen LogP contribution in [-0.4, -0.2) is 48.5 Å². The Morgan fingerprint density at radius 1 is 1.46 bits per heavy atom. The van der Waals surface area contributed by atoms with E-state index in [4.69, 9.17) is 5.21 Å². The number of nitrogens with zero attached hydrogens (tertiary/aromatic N) is 3. The number of benzene rings is 1. The predicted octanol–water partition coefficient (Wildman–Crippen LogP) is 2.91. The van der Waals surface area contributed by atoms with Gasteiger partial charge in [0.1, 0.15) is 6.34 Å². The molecule has 0 aliphatic carbocycles. The number of piperidine rings is 1. The standard InChI is InChI=1S/C18H28N4O2/c1-4-21(5-2)18(23)15-7-6-10-22(12-15)17-9-8-16(11-14(17)3)19-13-20-24/h8-9,11,13,15,24H,4-7,10,12H2,1-3H3,(H,19,20). The molecule has 2 rings (SSSR count). The van der Waals surface area contributed by atoms with Crippen molar-refractivity contribution in [2.24, 2.45) is 11.1 Å². The summed E-state index contributed by atoms with van der Waals surface area (Å²) in [5.41, 5.74) is 3.18. The fourth-order valence-corrected chi connectivity index (χ4v) is 3.39. The van der Waals surface area contributed by atoms with Crippen molar-refractivity contribution in [3.8, 4) is 0 Å². The van der Waals surface area contributed by atoms with Crippen molar-refractivity contribution in [1.29, 1.82) is 0 Å². The third-order valence-electron chi connectivity index (χ3n) is 4.67. The van der Waals surface area contributed by atoms with Crippen molar-refractivity contribution in [3.05, 3.63) is 23.8 Å². The van der Waals surface area contributed by atoms with Crippen molar-refractivity contribution in [1.82, 2.24) is 4.90 Å². The summed E-state index contributed by atoms with van der Waals surface area (Å²) in [5.74, 6) is 0.358. The summed E-state index contributed by atoms with van der Waals surface area (Å²) in [5, 5.41) is 14.3. The van der Waals surface area contributed by atoms with Gasteiger partial charge >= 0.3 is 0 Å². The Bertz CT molecular complexity index is 584. The van der Waals surface area contributed by atoms with E-state index in [0.717, 1.165) is 50.3 Å². The number of hydrogen-bond donors (Lipinski definition) is 2. The summed E-state index contributed by atoms with van der Waals surface area (Å²) in [7, 11) is 0. The van der Waals surface area contributed by atoms with Gasteiger partial charge in [0.05, 0.1) is 5.92 Å². The normalized spacial score (nSPS) is 18.0. The molecule has 1 amide bonds. The summed E-state index contributed by atoms with van der Waals surface area (Å²) in [6.45, 7) is 9.44. The van der Waals surface area contributed by atoms with E-state index in [9.17, 15) is 4.79 Å². The number of aryl methyl sites for hydroxylation is 1. The van der Waals surface area contributed by atoms with Gasteiger partial charge in [-0.05, 0) is 57.4 Å². The highest BCUT2D eigenvalue weighted by Gasteiger charge is 2.28. The summed E-state index contributed by atoms with van der Waals surface area (Å²) in [6, 6.07) is 6.04. The molecule has 0 bridgehead atoms. The lowest BCUT2D eigenvalue weighted by Gasteiger charge is -2.36. The smallest absolute Gasteiger partial charge is 0.227 e. The highest BCUT2D eigenvalue weighted by Crippen LogP contribution is 2.28. The summed E-state index contributed by atoms with van der Waals surface area (Å²) in [6.07, 6.45) is 3.25. The fraction of sp³-hybridized carbons (Fsp3) is 0.556. The van der Waals surface area contributed by atoms with E-state index in [-0.39, 0.29) is 11.8 Å². The van der Waals surface area contributed by atoms with Crippen LogP contribution in [0.4, 0.5) is 11.4 Å². The van der Waals surface area contributed by atoms with E-state index in [1.165, 1.54) is 12.0 Å². The molecule has 2 N–H and O–H groups in total. The van der Waals surface area contributed by atoms with Crippen molar-refractivity contribution in [2.45, 2.75) is 33.6 Å². The molecule has 1 aliphatic heterocycles. The van der Waals surface area contributed by atoms with Crippen LogP contribution in [0.25, 0.3) is 0 Å². The monoisotopic (exact) mass is 332 g/mol. The first-order chi connectivity index (χ1) is 11.6. The van der Waals surface area contributed by atoms with Gasteiger partial charge in [0, 0.05) is 37.6 Å². The van der Waals surface area contributed by atoms with E-state index >= 15 is 0 Å². The molecule has 1 unspecified atom stereocenters. The first-order valence-electron chi connectivity index (χ1n) is 8.67. The lowest BCUT2D eigenvalue weighted by molar-refractivity contribution is -0.135. The highest BCUT2D eigenvalue weighted by atomic mass is 16.4. The zero-order valence-corrected chi connectivity index (χ0v) is 14.8. The third kappa shape index (κ3) is 4.19. The maximum atomic E-state index is 12.6. The first-order valence-corrected chi connectivity index (χ1v) is 8.67. The molecule has 0 saturated carbocycles. The molecule has 6 nitrogen and oxygen atoms in total. The molecule has 1 heterocycles. The van der Waals surface area contributed by atoms with Gasteiger partial charge in [-0.1, -0.05) is 5.16 Å². The van der Waals surface area contributed by atoms with Crippen LogP contribution in [0.1, 0.15) is 32.3 Å². The summed E-state index contributed by atoms with van der Waals surface area (Å²) < 4.78 is 0. The van der Waals surface area contributed by atoms with Gasteiger partial charge in [0.2, 0.25) is 5.91 Å². The van der Waals surface area contributed by atoms with Crippen LogP contribution in [-0.2, 0) is 4.79 Å². The lowest BCUT2D eigenvalue weighted by Crippen LogP contribution is -2.45. The Hall–Kier alpha value is -2.24. The van der Waals surface area contributed by atoms with Crippen LogP contribution in [0.2, 0.25) is 0 Å². The maximum absolute atomic E-state index is 12.6. The molecule has 0 aromatic heterocycles. The minimum absolute atomic E-state index is 0.0809. The van der Waals surface area contributed by atoms with E-state index in [1.54, 1.807) is 0 Å². The minimum atomic E-state index is 0.0809. The fourth-order valence-electron chi connectivity index (χ4n) is 3.39. The quantitative estimate of drug-likeness (QED) is 0.364. The average Bonchev–Trinajstić information content (AvgIpc) is 2.61. The Labute approximate surface area is 144 Å². The van der Waals surface area contributed by atoms with Crippen LogP contribution < -0.4 is 10.2 Å². The van der Waals surface area contributed by atoms with Gasteiger partial charge in [-0.15, -0.1) is 0 Å². The molecular formula is C18H28N4O2. The van der Waals surface area contributed by atoms with Crippen molar-refractivity contribution in [3.63, 3.8) is 0 Å². The second-order valence-corrected chi connectivity index (χ2v) is 6.19. The Kier molecular flexibility index (Phi) is 6.46. The number of carbonyl (C=O) groups excluding carboxylic acids is 1. The van der Waals surface area contributed by atoms with Crippen molar-refractivity contribution in [2.75, 3.05) is 36.4 Å². The van der Waals surface area contributed by atoms with Gasteiger partial charge < -0.3 is 20.3 Å². The number of oxime groups is 1. The number of anilines is 2. The molecule has 1 atom stereocenters. The largest absolute Gasteiger partial charge is 0.410 e. The number of hydrogen-bond acceptors (Lipinski definition) is 4. The van der Waals surface area contributed by atoms with E-state index in [0.29, 0.717) is 0 Å². The number of nitrogens with one attached hydrogen (secondary N) is 1. The summed E-state index contributed by atoms with van der Waals surface area (Å²) >= 11 is 0. The first kappa shape index (κ1) is 18.1. The number of carbonyl (C=O) groups is 1. The Morgan fingerprint density at radius 2 is 2.21 bits per heavy atom. The van der Waals surface area contributed by atoms with Gasteiger partial charge in [0.25, 0.3) is 0 Å². The van der Waals surface area contributed by atoms with Crippen LogP contribution in [0, 0.1) is 12.8 Å². The molecule has 132 valence electrons. The molecule has 6 heteroatoms. The molecule has 1 aromatic carbocycles. The molecule has 1 aliphatic rings. The van der Waals surface area contributed by atoms with E-state index in [1.807, 2.05) is 30.9 Å². The van der Waals surface area contributed by atoms with Gasteiger partial charge in [-0.2, -0.15) is 0 Å². The highest BCUT2D eigenvalue weighted by molar-refractivity contribution is 5.80. The molecule has 0 radical (unpaired) electrons. The maximum Gasteiger partial charge on any atom is 0.227 e. The van der Waals surface area contributed by atoms with Gasteiger partial charge in [-0.3, -0.25) is 4.79 Å². The third-order valence-corrected chi connectivity index (χ3v) is 4.67. The average molecular weight is 332 g/mol. The van der Waals surface area contributed by atoms with Crippen LogP contribution in [0.15, 0.2) is 23.4 Å². The van der Waals surface area contributed by atoms with Crippen molar-refractivity contribution >= 4 is 23.6 Å². The van der Waals surface area contributed by atoms with Crippen LogP contribution in [0.5, 0.6) is 0 Å². The van der Waals surface area contributed by atoms with E-state index in [2.05, 4.69) is 28.4 Å². The number of rotatable bonds is 6. The summed E-state index contributed by atoms with van der Waals surface area (Å²) in [4.78, 5) is 16.9. The van der Waals surface area contributed by atoms with Gasteiger partial charge in [0.15, 0.2) is 0 Å². The van der Waals surface area contributed by atoms with Gasteiger partial charge in [-0.25, -0.2) is 0 Å². The second-order valence-electron chi connectivity index (χ2n) is 6.19. The number of amides is 1. The molecule has 0 spiro atoms. The lowest BCUT2D eigenvalue weighted by atomic mass is 9.95. The van der Waals surface area contributed by atoms with Crippen LogP contribution >= 0.6 is 0 Å².